The van der Waals surface area contributed by atoms with Crippen molar-refractivity contribution >= 4 is 11.1 Å². The monoisotopic (exact) mass is 705 g/mol. The highest BCUT2D eigenvalue weighted by Crippen LogP contribution is 2.45. The van der Waals surface area contributed by atoms with Crippen molar-refractivity contribution in [3.8, 4) is 42.5 Å². The fraction of sp³-hybridized carbons (Fsp3) is 0.138. The molecule has 0 fully saturated rings. The molecule has 2 heterocycles. The fourth-order valence-electron chi connectivity index (χ4n) is 4.64. The summed E-state index contributed by atoms with van der Waals surface area (Å²) in [5, 5.41) is 65.9. The summed E-state index contributed by atoms with van der Waals surface area (Å²) < 4.78 is 167. The Morgan fingerprint density at radius 1 is 0.480 bits per heavy atom. The Bertz CT molecular complexity index is 2400. The van der Waals surface area contributed by atoms with Gasteiger partial charge in [-0.25, -0.2) is 9.97 Å². The van der Waals surface area contributed by atoms with Crippen molar-refractivity contribution in [2.75, 3.05) is 0 Å². The van der Waals surface area contributed by atoms with E-state index in [4.69, 9.17) is 0 Å². The molecule has 0 bridgehead atoms. The number of aromatic nitrogens is 2. The van der Waals surface area contributed by atoms with Crippen molar-refractivity contribution < 1.29 is 52.7 Å². The number of nitriles is 7. The Morgan fingerprint density at radius 3 is 1.16 bits per heavy atom. The van der Waals surface area contributed by atoms with Crippen LogP contribution in [0.1, 0.15) is 61.5 Å². The largest absolute Gasteiger partial charge is 0.433 e. The van der Waals surface area contributed by atoms with Crippen molar-refractivity contribution in [2.45, 2.75) is 24.7 Å². The number of hydrogen-bond acceptors (Lipinski definition) is 9. The maximum atomic E-state index is 14.2. The summed E-state index contributed by atoms with van der Waals surface area (Å²) >= 11 is 0. The number of benzene rings is 1. The van der Waals surface area contributed by atoms with Crippen LogP contribution in [0.4, 0.5) is 52.7 Å². The maximum absolute atomic E-state index is 14.2. The molecule has 3 rings (SSSR count). The first-order valence-corrected chi connectivity index (χ1v) is 12.2. The van der Waals surface area contributed by atoms with Crippen LogP contribution in [0.5, 0.6) is 0 Å². The zero-order chi connectivity index (χ0) is 38.1. The molecule has 0 radical (unpaired) electrons. The van der Waals surface area contributed by atoms with Crippen molar-refractivity contribution in [3.63, 3.8) is 0 Å². The van der Waals surface area contributed by atoms with Gasteiger partial charge in [-0.2, -0.15) is 89.5 Å². The molecule has 0 aliphatic carbocycles. The predicted molar refractivity (Wildman–Crippen MR) is 134 cm³/mol. The molecule has 50 heavy (non-hydrogen) atoms. The van der Waals surface area contributed by atoms with Crippen LogP contribution in [0.3, 0.4) is 0 Å². The van der Waals surface area contributed by atoms with Crippen LogP contribution in [0.25, 0.3) is 11.1 Å². The highest BCUT2D eigenvalue weighted by atomic mass is 19.4. The van der Waals surface area contributed by atoms with E-state index >= 15 is 0 Å². The van der Waals surface area contributed by atoms with Gasteiger partial charge in [-0.3, -0.25) is 0 Å². The minimum Gasteiger partial charge on any atom is -0.250 e. The van der Waals surface area contributed by atoms with Crippen molar-refractivity contribution in [1.29, 1.82) is 36.8 Å². The number of alkyl halides is 12. The first-order chi connectivity index (χ1) is 23.1. The molecular weight excluding hydrogens is 702 g/mol. The van der Waals surface area contributed by atoms with Crippen molar-refractivity contribution in [3.05, 3.63) is 90.4 Å². The van der Waals surface area contributed by atoms with Gasteiger partial charge in [0.05, 0.1) is 56.2 Å². The predicted octanol–water partition coefficient (Wildman–Crippen LogP) is 5.36. The molecule has 0 saturated heterocycles. The first kappa shape index (κ1) is 37.3. The SMILES string of the molecule is N#C/C(c1c(C#N)cnc(C(F)(F)F)c1C(F)(F)F)=c1/c(C#N)c/c(=C(\C#N)c2c(C#N)cnc(C(F)(F)F)c2C(F)(F)F)c(C#N)c1C#N. The van der Waals surface area contributed by atoms with E-state index in [9.17, 15) is 89.5 Å². The lowest BCUT2D eigenvalue weighted by Crippen LogP contribution is -2.29. The lowest BCUT2D eigenvalue weighted by atomic mass is 9.87. The van der Waals surface area contributed by atoms with Gasteiger partial charge in [0, 0.05) is 34.0 Å². The topological polar surface area (TPSA) is 192 Å². The third-order valence-electron chi connectivity index (χ3n) is 6.42. The average molecular weight is 705 g/mol. The van der Waals surface area contributed by atoms with E-state index in [1.54, 1.807) is 0 Å². The molecule has 248 valence electrons. The molecule has 0 spiro atoms. The average Bonchev–Trinajstić information content (AvgIpc) is 3.02. The summed E-state index contributed by atoms with van der Waals surface area (Å²) in [6, 6.07) is 7.90. The quantitative estimate of drug-likeness (QED) is 0.316. The van der Waals surface area contributed by atoms with Gasteiger partial charge < -0.3 is 0 Å². The molecular formula is C29H3F12N9. The summed E-state index contributed by atoms with van der Waals surface area (Å²) in [5.41, 5.74) is -24.8. The van der Waals surface area contributed by atoms with Crippen LogP contribution in [0.15, 0.2) is 18.5 Å². The summed E-state index contributed by atoms with van der Waals surface area (Å²) in [6.07, 6.45) is -24.0. The Hall–Kier alpha value is -7.15. The fourth-order valence-corrected chi connectivity index (χ4v) is 4.64. The van der Waals surface area contributed by atoms with E-state index in [1.165, 1.54) is 6.07 Å². The number of pyridine rings is 2. The maximum Gasteiger partial charge on any atom is 0.433 e. The highest BCUT2D eigenvalue weighted by Gasteiger charge is 2.49. The summed E-state index contributed by atoms with van der Waals surface area (Å²) in [4.78, 5) is 5.23. The Balaban J connectivity index is 2.93. The zero-order valence-corrected chi connectivity index (χ0v) is 23.3. The standard InChI is InChI=1S/C29H3F12N9/c30-26(31,32)22-20(12(3-43)9-49-24(22)28(36,37)38)16(6-46)14-1-11(2-42)19(17(7-47)15(14)5-45)18(8-48)21-13(4-44)10-50-25(29(39,40)41)23(21)27(33,34)35/h1,9-10H/b16-14-,19-18+. The number of nitrogens with zero attached hydrogens (tertiary/aromatic N) is 9. The minimum absolute atomic E-state index is 0.0209. The van der Waals surface area contributed by atoms with Gasteiger partial charge in [0.2, 0.25) is 0 Å². The van der Waals surface area contributed by atoms with E-state index in [0.29, 0.717) is 0 Å². The molecule has 21 heteroatoms. The Kier molecular flexibility index (Phi) is 9.55. The van der Waals surface area contributed by atoms with E-state index in [1.807, 2.05) is 0 Å². The molecule has 0 aliphatic rings. The third-order valence-corrected chi connectivity index (χ3v) is 6.42. The second-order valence-corrected chi connectivity index (χ2v) is 9.16. The van der Waals surface area contributed by atoms with Gasteiger partial charge in [0.1, 0.15) is 36.4 Å². The lowest BCUT2D eigenvalue weighted by Gasteiger charge is -2.20. The Morgan fingerprint density at radius 2 is 0.860 bits per heavy atom. The van der Waals surface area contributed by atoms with Crippen LogP contribution in [0.2, 0.25) is 0 Å². The molecule has 0 N–H and O–H groups in total. The molecule has 3 aromatic rings. The molecule has 0 amide bonds. The number of halogens is 12. The van der Waals surface area contributed by atoms with Crippen molar-refractivity contribution in [2.24, 2.45) is 0 Å². The minimum atomic E-state index is -6.07. The zero-order valence-electron chi connectivity index (χ0n) is 23.3. The van der Waals surface area contributed by atoms with Crippen LogP contribution in [-0.4, -0.2) is 9.97 Å². The van der Waals surface area contributed by atoms with Gasteiger partial charge in [-0.15, -0.1) is 0 Å². The van der Waals surface area contributed by atoms with E-state index in [0.717, 1.165) is 36.4 Å². The second kappa shape index (κ2) is 12.8. The Labute approximate surface area is 268 Å². The number of rotatable bonds is 2. The molecule has 2 aromatic heterocycles. The molecule has 0 aliphatic heterocycles. The van der Waals surface area contributed by atoms with Crippen LogP contribution < -0.4 is 10.4 Å². The van der Waals surface area contributed by atoms with Crippen LogP contribution in [-0.2, 0) is 24.7 Å². The summed E-state index contributed by atoms with van der Waals surface area (Å²) in [7, 11) is 0. The molecule has 0 atom stereocenters. The molecule has 0 saturated carbocycles. The van der Waals surface area contributed by atoms with Crippen LogP contribution in [0, 0.1) is 79.3 Å². The summed E-state index contributed by atoms with van der Waals surface area (Å²) in [6.45, 7) is 0. The smallest absolute Gasteiger partial charge is 0.250 e. The second-order valence-electron chi connectivity index (χ2n) is 9.16. The van der Waals surface area contributed by atoms with Gasteiger partial charge in [-0.1, -0.05) is 0 Å². The van der Waals surface area contributed by atoms with Gasteiger partial charge in [0.25, 0.3) is 0 Å². The molecule has 1 aromatic carbocycles. The van der Waals surface area contributed by atoms with E-state index in [2.05, 4.69) is 9.97 Å². The molecule has 0 unspecified atom stereocenters. The van der Waals surface area contributed by atoms with E-state index < -0.39 is 108 Å². The first-order valence-electron chi connectivity index (χ1n) is 12.2. The van der Waals surface area contributed by atoms with Gasteiger partial charge >= 0.3 is 24.7 Å². The highest BCUT2D eigenvalue weighted by molar-refractivity contribution is 5.87. The van der Waals surface area contributed by atoms with Crippen molar-refractivity contribution in [1.82, 2.24) is 9.97 Å². The summed E-state index contributed by atoms with van der Waals surface area (Å²) in [5.74, 6) is 0. The molecule has 9 nitrogen and oxygen atoms in total. The van der Waals surface area contributed by atoms with Crippen LogP contribution >= 0.6 is 0 Å². The van der Waals surface area contributed by atoms with Gasteiger partial charge in [-0.05, 0) is 6.07 Å². The van der Waals surface area contributed by atoms with Gasteiger partial charge in [0.15, 0.2) is 11.4 Å². The number of hydrogen-bond donors (Lipinski definition) is 0. The van der Waals surface area contributed by atoms with E-state index in [-0.39, 0.29) is 18.5 Å². The third kappa shape index (κ3) is 6.38. The lowest BCUT2D eigenvalue weighted by molar-refractivity contribution is -0.164. The normalized spacial score (nSPS) is 12.9.